The summed E-state index contributed by atoms with van der Waals surface area (Å²) < 4.78 is 0. The van der Waals surface area contributed by atoms with E-state index < -0.39 is 16.9 Å². The molecule has 0 saturated carbocycles. The largest absolute Gasteiger partial charge is 0.480 e. The van der Waals surface area contributed by atoms with Gasteiger partial charge in [-0.2, -0.15) is 0 Å². The van der Waals surface area contributed by atoms with Gasteiger partial charge in [0.25, 0.3) is 5.69 Å². The topological polar surface area (TPSA) is 105 Å². The lowest BCUT2D eigenvalue weighted by molar-refractivity contribution is -0.385. The van der Waals surface area contributed by atoms with E-state index >= 15 is 0 Å². The molecule has 2 N–H and O–H groups in total. The minimum atomic E-state index is -1.17. The number of pyridine rings is 1. The van der Waals surface area contributed by atoms with Crippen LogP contribution in [0, 0.1) is 10.1 Å². The first kappa shape index (κ1) is 14.6. The molecule has 1 unspecified atom stereocenters. The van der Waals surface area contributed by atoms with Crippen LogP contribution in [0.5, 0.6) is 0 Å². The minimum Gasteiger partial charge on any atom is -0.480 e. The summed E-state index contributed by atoms with van der Waals surface area (Å²) in [4.78, 5) is 25.7. The van der Waals surface area contributed by atoms with Crippen molar-refractivity contribution in [2.45, 2.75) is 12.6 Å². The second-order valence-corrected chi connectivity index (χ2v) is 4.32. The number of carboxylic acid groups (broad SMARTS) is 1. The Balaban J connectivity index is 2.24. The SMILES string of the molecule is O=C(O)C(NCc1ccncc1)c1ccccc1[N+](=O)[O-]. The molecule has 2 aromatic rings. The van der Waals surface area contributed by atoms with Gasteiger partial charge in [-0.15, -0.1) is 0 Å². The van der Waals surface area contributed by atoms with Gasteiger partial charge in [0.15, 0.2) is 0 Å². The molecule has 0 bridgehead atoms. The van der Waals surface area contributed by atoms with Crippen molar-refractivity contribution in [3.05, 3.63) is 70.0 Å². The maximum Gasteiger partial charge on any atom is 0.325 e. The fourth-order valence-electron chi connectivity index (χ4n) is 1.95. The number of hydrogen-bond donors (Lipinski definition) is 2. The van der Waals surface area contributed by atoms with Crippen LogP contribution in [0.2, 0.25) is 0 Å². The number of para-hydroxylation sites is 1. The standard InChI is InChI=1S/C14H13N3O4/c18-14(19)13(16-9-10-5-7-15-8-6-10)11-3-1-2-4-12(11)17(20)21/h1-8,13,16H,9H2,(H,18,19). The second kappa shape index (κ2) is 6.58. The van der Waals surface area contributed by atoms with E-state index in [0.29, 0.717) is 0 Å². The van der Waals surface area contributed by atoms with Crippen LogP contribution >= 0.6 is 0 Å². The summed E-state index contributed by atoms with van der Waals surface area (Å²) in [5.74, 6) is -1.17. The van der Waals surface area contributed by atoms with Crippen molar-refractivity contribution in [2.75, 3.05) is 0 Å². The molecule has 108 valence electrons. The Morgan fingerprint density at radius 1 is 1.29 bits per heavy atom. The van der Waals surface area contributed by atoms with Gasteiger partial charge in [-0.1, -0.05) is 12.1 Å². The molecular formula is C14H13N3O4. The number of aromatic nitrogens is 1. The van der Waals surface area contributed by atoms with Crippen LogP contribution in [0.25, 0.3) is 0 Å². The van der Waals surface area contributed by atoms with E-state index in [1.54, 1.807) is 30.6 Å². The number of carboxylic acids is 1. The molecule has 0 aliphatic rings. The van der Waals surface area contributed by atoms with Crippen LogP contribution in [-0.2, 0) is 11.3 Å². The third-order valence-corrected chi connectivity index (χ3v) is 2.95. The summed E-state index contributed by atoms with van der Waals surface area (Å²) in [7, 11) is 0. The van der Waals surface area contributed by atoms with Crippen molar-refractivity contribution in [1.29, 1.82) is 0 Å². The van der Waals surface area contributed by atoms with Crippen LogP contribution < -0.4 is 5.32 Å². The molecule has 1 aromatic heterocycles. The zero-order valence-electron chi connectivity index (χ0n) is 11.0. The van der Waals surface area contributed by atoms with Gasteiger partial charge in [-0.05, 0) is 23.8 Å². The van der Waals surface area contributed by atoms with Crippen molar-refractivity contribution in [2.24, 2.45) is 0 Å². The summed E-state index contributed by atoms with van der Waals surface area (Å²) in [6.45, 7) is 0.269. The zero-order chi connectivity index (χ0) is 15.2. The Hall–Kier alpha value is -2.80. The number of nitro groups is 1. The van der Waals surface area contributed by atoms with Crippen molar-refractivity contribution in [3.63, 3.8) is 0 Å². The smallest absolute Gasteiger partial charge is 0.325 e. The predicted molar refractivity (Wildman–Crippen MR) is 74.5 cm³/mol. The number of aliphatic carboxylic acids is 1. The average Bonchev–Trinajstić information content (AvgIpc) is 2.48. The van der Waals surface area contributed by atoms with E-state index in [-0.39, 0.29) is 17.8 Å². The lowest BCUT2D eigenvalue weighted by Crippen LogP contribution is -2.28. The van der Waals surface area contributed by atoms with E-state index in [1.807, 2.05) is 0 Å². The van der Waals surface area contributed by atoms with Crippen LogP contribution in [0.1, 0.15) is 17.2 Å². The molecule has 1 heterocycles. The molecule has 0 saturated heterocycles. The molecule has 1 aromatic carbocycles. The first-order valence-corrected chi connectivity index (χ1v) is 6.18. The van der Waals surface area contributed by atoms with Crippen molar-refractivity contribution < 1.29 is 14.8 Å². The Kier molecular flexibility index (Phi) is 4.57. The molecule has 7 heteroatoms. The van der Waals surface area contributed by atoms with Gasteiger partial charge in [-0.3, -0.25) is 25.2 Å². The number of nitro benzene ring substituents is 1. The van der Waals surface area contributed by atoms with E-state index in [1.165, 1.54) is 18.2 Å². The van der Waals surface area contributed by atoms with Crippen LogP contribution in [0.15, 0.2) is 48.8 Å². The Morgan fingerprint density at radius 2 is 1.95 bits per heavy atom. The molecule has 1 atom stereocenters. The Bertz CT molecular complexity index is 646. The van der Waals surface area contributed by atoms with Crippen LogP contribution in [0.4, 0.5) is 5.69 Å². The monoisotopic (exact) mass is 287 g/mol. The molecule has 7 nitrogen and oxygen atoms in total. The normalized spacial score (nSPS) is 11.8. The maximum atomic E-state index is 11.4. The highest BCUT2D eigenvalue weighted by Crippen LogP contribution is 2.25. The lowest BCUT2D eigenvalue weighted by atomic mass is 10.0. The Morgan fingerprint density at radius 3 is 2.57 bits per heavy atom. The van der Waals surface area contributed by atoms with Gasteiger partial charge in [0, 0.05) is 25.0 Å². The number of nitrogens with one attached hydrogen (secondary N) is 1. The van der Waals surface area contributed by atoms with Gasteiger partial charge < -0.3 is 5.11 Å². The first-order valence-electron chi connectivity index (χ1n) is 6.18. The molecule has 2 rings (SSSR count). The van der Waals surface area contributed by atoms with Gasteiger partial charge in [0.2, 0.25) is 0 Å². The summed E-state index contributed by atoms with van der Waals surface area (Å²) >= 11 is 0. The zero-order valence-corrected chi connectivity index (χ0v) is 11.0. The number of hydrogen-bond acceptors (Lipinski definition) is 5. The van der Waals surface area contributed by atoms with Gasteiger partial charge >= 0.3 is 5.97 Å². The lowest BCUT2D eigenvalue weighted by Gasteiger charge is -2.15. The Labute approximate surface area is 120 Å². The molecule has 0 amide bonds. The molecule has 0 fully saturated rings. The molecule has 21 heavy (non-hydrogen) atoms. The highest BCUT2D eigenvalue weighted by atomic mass is 16.6. The third-order valence-electron chi connectivity index (χ3n) is 2.95. The summed E-state index contributed by atoms with van der Waals surface area (Å²) in [6, 6.07) is 8.14. The highest BCUT2D eigenvalue weighted by molar-refractivity contribution is 5.77. The third kappa shape index (κ3) is 3.61. The molecule has 0 radical (unpaired) electrons. The molecule has 0 aliphatic heterocycles. The fraction of sp³-hybridized carbons (Fsp3) is 0.143. The molecule has 0 spiro atoms. The van der Waals surface area contributed by atoms with E-state index in [2.05, 4.69) is 10.3 Å². The van der Waals surface area contributed by atoms with Crippen LogP contribution in [0.3, 0.4) is 0 Å². The number of rotatable bonds is 6. The number of nitrogens with zero attached hydrogens (tertiary/aromatic N) is 2. The van der Waals surface area contributed by atoms with Gasteiger partial charge in [-0.25, -0.2) is 0 Å². The average molecular weight is 287 g/mol. The van der Waals surface area contributed by atoms with Gasteiger partial charge in [0.05, 0.1) is 10.5 Å². The van der Waals surface area contributed by atoms with Crippen LogP contribution in [-0.4, -0.2) is 21.0 Å². The highest BCUT2D eigenvalue weighted by Gasteiger charge is 2.26. The maximum absolute atomic E-state index is 11.4. The quantitative estimate of drug-likeness (QED) is 0.621. The van der Waals surface area contributed by atoms with E-state index in [9.17, 15) is 20.0 Å². The van der Waals surface area contributed by atoms with Gasteiger partial charge in [0.1, 0.15) is 6.04 Å². The van der Waals surface area contributed by atoms with Crippen molar-refractivity contribution in [3.8, 4) is 0 Å². The predicted octanol–water partition coefficient (Wildman–Crippen LogP) is 1.91. The number of carbonyl (C=O) groups is 1. The second-order valence-electron chi connectivity index (χ2n) is 4.32. The summed E-state index contributed by atoms with van der Waals surface area (Å²) in [6.07, 6.45) is 3.19. The van der Waals surface area contributed by atoms with Crippen molar-refractivity contribution >= 4 is 11.7 Å². The minimum absolute atomic E-state index is 0.129. The van der Waals surface area contributed by atoms with E-state index in [4.69, 9.17) is 0 Å². The number of benzene rings is 1. The fourth-order valence-corrected chi connectivity index (χ4v) is 1.95. The first-order chi connectivity index (χ1) is 10.1. The molecule has 0 aliphatic carbocycles. The van der Waals surface area contributed by atoms with E-state index in [0.717, 1.165) is 5.56 Å². The summed E-state index contributed by atoms with van der Waals surface area (Å²) in [5.41, 5.74) is 0.756. The van der Waals surface area contributed by atoms with Crippen molar-refractivity contribution in [1.82, 2.24) is 10.3 Å². The summed E-state index contributed by atoms with van der Waals surface area (Å²) in [5, 5.41) is 23.1. The molecular weight excluding hydrogens is 274 g/mol.